The summed E-state index contributed by atoms with van der Waals surface area (Å²) in [7, 11) is 1.84. The summed E-state index contributed by atoms with van der Waals surface area (Å²) in [5.74, 6) is 0.415. The van der Waals surface area contributed by atoms with Crippen molar-refractivity contribution in [3.05, 3.63) is 29.3 Å². The standard InChI is InChI=1S/C19H23ClN4O3S/c1-3-27-18(26)15-10-6-7-11-24(15)16(25)12-28-19-22-21-17(23(19)2)13-8-4-5-9-14(13)20/h4-5,8-9,15H,3,6-7,10-12H2,1-2H3/t15-/m0/s1. The molecule has 0 spiro atoms. The lowest BCUT2D eigenvalue weighted by atomic mass is 10.0. The average molecular weight is 423 g/mol. The third-order valence-corrected chi connectivity index (χ3v) is 5.99. The number of esters is 1. The maximum atomic E-state index is 12.8. The molecule has 2 heterocycles. The Balaban J connectivity index is 1.67. The summed E-state index contributed by atoms with van der Waals surface area (Å²) in [6.45, 7) is 2.66. The summed E-state index contributed by atoms with van der Waals surface area (Å²) in [6, 6.07) is 6.94. The van der Waals surface area contributed by atoms with E-state index in [0.29, 0.717) is 35.6 Å². The number of ether oxygens (including phenoxy) is 1. The molecule has 1 aromatic carbocycles. The minimum absolute atomic E-state index is 0.0925. The fourth-order valence-corrected chi connectivity index (χ4v) is 4.26. The molecule has 28 heavy (non-hydrogen) atoms. The van der Waals surface area contributed by atoms with Gasteiger partial charge in [0.15, 0.2) is 11.0 Å². The number of aromatic nitrogens is 3. The van der Waals surface area contributed by atoms with E-state index in [1.54, 1.807) is 17.9 Å². The molecule has 1 fully saturated rings. The van der Waals surface area contributed by atoms with Crippen LogP contribution in [0.3, 0.4) is 0 Å². The van der Waals surface area contributed by atoms with E-state index in [2.05, 4.69) is 10.2 Å². The van der Waals surface area contributed by atoms with Gasteiger partial charge in [-0.15, -0.1) is 10.2 Å². The molecule has 0 N–H and O–H groups in total. The second-order valence-electron chi connectivity index (χ2n) is 6.48. The number of carbonyl (C=O) groups excluding carboxylic acids is 2. The van der Waals surface area contributed by atoms with Gasteiger partial charge >= 0.3 is 5.97 Å². The Morgan fingerprint density at radius 3 is 2.82 bits per heavy atom. The lowest BCUT2D eigenvalue weighted by Crippen LogP contribution is -2.49. The number of nitrogens with zero attached hydrogens (tertiary/aromatic N) is 4. The van der Waals surface area contributed by atoms with Crippen LogP contribution in [0.15, 0.2) is 29.4 Å². The van der Waals surface area contributed by atoms with E-state index in [-0.39, 0.29) is 17.6 Å². The summed E-state index contributed by atoms with van der Waals surface area (Å²) >= 11 is 7.55. The van der Waals surface area contributed by atoms with Gasteiger partial charge in [-0.25, -0.2) is 4.79 Å². The zero-order valence-electron chi connectivity index (χ0n) is 15.9. The first-order chi connectivity index (χ1) is 13.5. The number of hydrogen-bond donors (Lipinski definition) is 0. The molecule has 0 unspecified atom stereocenters. The number of halogens is 1. The van der Waals surface area contributed by atoms with Crippen molar-refractivity contribution in [1.82, 2.24) is 19.7 Å². The van der Waals surface area contributed by atoms with Crippen LogP contribution in [0, 0.1) is 0 Å². The third kappa shape index (κ3) is 4.50. The number of benzene rings is 1. The van der Waals surface area contributed by atoms with Crippen LogP contribution in [-0.2, 0) is 21.4 Å². The molecule has 3 rings (SSSR count). The molecule has 2 aromatic rings. The quantitative estimate of drug-likeness (QED) is 0.525. The minimum atomic E-state index is -0.486. The highest BCUT2D eigenvalue weighted by molar-refractivity contribution is 7.99. The molecule has 1 aromatic heterocycles. The number of rotatable bonds is 6. The van der Waals surface area contributed by atoms with Crippen LogP contribution in [0.1, 0.15) is 26.2 Å². The van der Waals surface area contributed by atoms with Crippen molar-refractivity contribution in [1.29, 1.82) is 0 Å². The van der Waals surface area contributed by atoms with Crippen LogP contribution < -0.4 is 0 Å². The van der Waals surface area contributed by atoms with E-state index in [4.69, 9.17) is 16.3 Å². The summed E-state index contributed by atoms with van der Waals surface area (Å²) < 4.78 is 6.95. The van der Waals surface area contributed by atoms with E-state index in [1.807, 2.05) is 29.8 Å². The smallest absolute Gasteiger partial charge is 0.328 e. The number of amides is 1. The molecule has 0 radical (unpaired) electrons. The number of hydrogen-bond acceptors (Lipinski definition) is 6. The second-order valence-corrected chi connectivity index (χ2v) is 7.83. The van der Waals surface area contributed by atoms with Gasteiger partial charge in [0.2, 0.25) is 5.91 Å². The Hall–Kier alpha value is -2.06. The Kier molecular flexibility index (Phi) is 6.96. The molecule has 0 aliphatic carbocycles. The Labute approximate surface area is 173 Å². The molecule has 9 heteroatoms. The van der Waals surface area contributed by atoms with Crippen LogP contribution in [0.25, 0.3) is 11.4 Å². The monoisotopic (exact) mass is 422 g/mol. The van der Waals surface area contributed by atoms with Gasteiger partial charge in [0.05, 0.1) is 17.4 Å². The topological polar surface area (TPSA) is 77.3 Å². The molecule has 1 aliphatic rings. The average Bonchev–Trinajstić information content (AvgIpc) is 3.07. The van der Waals surface area contributed by atoms with E-state index < -0.39 is 6.04 Å². The lowest BCUT2D eigenvalue weighted by molar-refractivity contribution is -0.155. The van der Waals surface area contributed by atoms with Gasteiger partial charge in [-0.1, -0.05) is 35.5 Å². The molecule has 1 saturated heterocycles. The molecule has 150 valence electrons. The van der Waals surface area contributed by atoms with Crippen LogP contribution in [0.5, 0.6) is 0 Å². The SMILES string of the molecule is CCOC(=O)[C@@H]1CCCCN1C(=O)CSc1nnc(-c2ccccc2Cl)n1C. The lowest BCUT2D eigenvalue weighted by Gasteiger charge is -2.33. The van der Waals surface area contributed by atoms with Crippen molar-refractivity contribution in [2.24, 2.45) is 7.05 Å². The van der Waals surface area contributed by atoms with Crippen molar-refractivity contribution in [3.63, 3.8) is 0 Å². The summed E-state index contributed by atoms with van der Waals surface area (Å²) in [4.78, 5) is 26.6. The van der Waals surface area contributed by atoms with Crippen molar-refractivity contribution >= 4 is 35.2 Å². The molecule has 1 aliphatic heterocycles. The zero-order chi connectivity index (χ0) is 20.1. The van der Waals surface area contributed by atoms with Crippen LogP contribution in [0.2, 0.25) is 5.02 Å². The largest absolute Gasteiger partial charge is 0.464 e. The maximum Gasteiger partial charge on any atom is 0.328 e. The van der Waals surface area contributed by atoms with Crippen molar-refractivity contribution < 1.29 is 14.3 Å². The molecule has 1 amide bonds. The molecule has 1 atom stereocenters. The van der Waals surface area contributed by atoms with Gasteiger partial charge < -0.3 is 14.2 Å². The first kappa shape index (κ1) is 20.7. The van der Waals surface area contributed by atoms with E-state index in [0.717, 1.165) is 18.4 Å². The van der Waals surface area contributed by atoms with Gasteiger partial charge in [-0.05, 0) is 38.3 Å². The van der Waals surface area contributed by atoms with E-state index >= 15 is 0 Å². The molecule has 7 nitrogen and oxygen atoms in total. The van der Waals surface area contributed by atoms with E-state index in [9.17, 15) is 9.59 Å². The van der Waals surface area contributed by atoms with Crippen molar-refractivity contribution in [2.45, 2.75) is 37.4 Å². The highest BCUT2D eigenvalue weighted by Gasteiger charge is 2.33. The predicted octanol–water partition coefficient (Wildman–Crippen LogP) is 3.17. The summed E-state index contributed by atoms with van der Waals surface area (Å²) in [6.07, 6.45) is 2.47. The molecule has 0 saturated carbocycles. The van der Waals surface area contributed by atoms with Gasteiger partial charge in [-0.3, -0.25) is 4.79 Å². The Morgan fingerprint density at radius 2 is 2.07 bits per heavy atom. The van der Waals surface area contributed by atoms with Crippen LogP contribution in [0.4, 0.5) is 0 Å². The second kappa shape index (κ2) is 9.43. The fourth-order valence-electron chi connectivity index (χ4n) is 3.24. The Morgan fingerprint density at radius 1 is 1.29 bits per heavy atom. The number of thioether (sulfide) groups is 1. The molecular formula is C19H23ClN4O3S. The summed E-state index contributed by atoms with van der Waals surface area (Å²) in [5, 5.41) is 9.61. The van der Waals surface area contributed by atoms with Gasteiger partial charge in [0, 0.05) is 19.2 Å². The third-order valence-electron chi connectivity index (χ3n) is 4.66. The molecule has 0 bridgehead atoms. The van der Waals surface area contributed by atoms with Crippen molar-refractivity contribution in [2.75, 3.05) is 18.9 Å². The minimum Gasteiger partial charge on any atom is -0.464 e. The van der Waals surface area contributed by atoms with E-state index in [1.165, 1.54) is 11.8 Å². The normalized spacial score (nSPS) is 16.8. The maximum absolute atomic E-state index is 12.8. The van der Waals surface area contributed by atoms with Gasteiger partial charge in [-0.2, -0.15) is 0 Å². The number of carbonyl (C=O) groups is 2. The number of piperidine rings is 1. The Bertz CT molecular complexity index is 857. The van der Waals surface area contributed by atoms with Gasteiger partial charge in [0.25, 0.3) is 0 Å². The number of likely N-dealkylation sites (tertiary alicyclic amines) is 1. The first-order valence-electron chi connectivity index (χ1n) is 9.26. The molecular weight excluding hydrogens is 400 g/mol. The first-order valence-corrected chi connectivity index (χ1v) is 10.6. The zero-order valence-corrected chi connectivity index (χ0v) is 17.5. The highest BCUT2D eigenvalue weighted by atomic mass is 35.5. The van der Waals surface area contributed by atoms with Crippen LogP contribution in [-0.4, -0.2) is 56.5 Å². The van der Waals surface area contributed by atoms with Gasteiger partial charge in [0.1, 0.15) is 6.04 Å². The summed E-state index contributed by atoms with van der Waals surface area (Å²) in [5.41, 5.74) is 0.788. The predicted molar refractivity (Wildman–Crippen MR) is 108 cm³/mol. The highest BCUT2D eigenvalue weighted by Crippen LogP contribution is 2.28. The van der Waals surface area contributed by atoms with Crippen LogP contribution >= 0.6 is 23.4 Å². The fraction of sp³-hybridized carbons (Fsp3) is 0.474. The van der Waals surface area contributed by atoms with Crippen molar-refractivity contribution in [3.8, 4) is 11.4 Å².